The van der Waals surface area contributed by atoms with Crippen LogP contribution in [0.2, 0.25) is 0 Å². The van der Waals surface area contributed by atoms with Crippen LogP contribution in [0.4, 0.5) is 5.69 Å². The van der Waals surface area contributed by atoms with Gasteiger partial charge in [0.2, 0.25) is 11.8 Å². The summed E-state index contributed by atoms with van der Waals surface area (Å²) >= 11 is 1.08. The summed E-state index contributed by atoms with van der Waals surface area (Å²) in [7, 11) is 1.87. The number of thiazole rings is 1. The number of rotatable bonds is 32. The number of likely N-dealkylation sites (N-methyl/N-ethyl adjacent to an activating group) is 1. The normalized spacial score (nSPS) is 16.9. The number of amides is 3. The molecule has 22 heteroatoms. The predicted molar refractivity (Wildman–Crippen MR) is 287 cm³/mol. The number of Topliss-reactive ketones (excluding diaryl/α,β-unsaturated/α-hetero) is 2. The molecule has 2 unspecified atom stereocenters. The molecule has 1 aliphatic heterocycles. The first-order valence-electron chi connectivity index (χ1n) is 25.2. The first-order valence-corrected chi connectivity index (χ1v) is 29.8. The summed E-state index contributed by atoms with van der Waals surface area (Å²) in [5.74, 6) is -4.15. The summed E-state index contributed by atoms with van der Waals surface area (Å²) < 4.78 is 43.5. The Morgan fingerprint density at radius 3 is 2.34 bits per heavy atom. The number of nitrogens with zero attached hydrogens (tertiary/aromatic N) is 3. The SMILES string of the molecule is CCC(=O)CCC(C)(C)SSCCCC(=O)Nc1cc(C[C@@H](CC(C)C(=O)O)NC(=O)c2csc([C@@H](C[C@H](C(C)C)N(C)C(=O)[C@@H](CC(=O)C3CCCCN3C)[C@@H](C)CC)OC(C)=O)n2)ccc1OS(=O)(=O)O. The smallest absolute Gasteiger partial charge is 0.446 e. The summed E-state index contributed by atoms with van der Waals surface area (Å²) in [4.78, 5) is 100.0. The fourth-order valence-electron chi connectivity index (χ4n) is 8.73. The van der Waals surface area contributed by atoms with E-state index < -0.39 is 64.2 Å². The summed E-state index contributed by atoms with van der Waals surface area (Å²) in [6.07, 6.45) is 4.99. The van der Waals surface area contributed by atoms with Gasteiger partial charge in [-0.05, 0) is 95.5 Å². The first-order chi connectivity index (χ1) is 34.1. The predicted octanol–water partition coefficient (Wildman–Crippen LogP) is 9.00. The van der Waals surface area contributed by atoms with Crippen LogP contribution >= 0.6 is 32.9 Å². The van der Waals surface area contributed by atoms with Gasteiger partial charge in [0.25, 0.3) is 5.91 Å². The highest BCUT2D eigenvalue weighted by Crippen LogP contribution is 2.40. The lowest BCUT2D eigenvalue weighted by atomic mass is 9.83. The zero-order valence-electron chi connectivity index (χ0n) is 44.4. The molecule has 1 aromatic heterocycles. The van der Waals surface area contributed by atoms with Crippen LogP contribution in [0.3, 0.4) is 0 Å². The molecule has 0 spiro atoms. The van der Waals surface area contributed by atoms with Crippen molar-refractivity contribution in [3.05, 3.63) is 39.8 Å². The number of ketones is 2. The van der Waals surface area contributed by atoms with Gasteiger partial charge < -0.3 is 29.6 Å². The molecule has 0 aliphatic carbocycles. The molecule has 2 heterocycles. The molecule has 1 aromatic carbocycles. The van der Waals surface area contributed by atoms with E-state index in [1.54, 1.807) is 33.5 Å². The minimum absolute atomic E-state index is 0.00990. The molecule has 3 amide bonds. The van der Waals surface area contributed by atoms with Gasteiger partial charge in [0.1, 0.15) is 16.5 Å². The van der Waals surface area contributed by atoms with E-state index in [2.05, 4.69) is 34.4 Å². The molecule has 0 bridgehead atoms. The largest absolute Gasteiger partial charge is 0.481 e. The third-order valence-electron chi connectivity index (χ3n) is 13.3. The van der Waals surface area contributed by atoms with Gasteiger partial charge in [0.05, 0.1) is 17.6 Å². The number of carbonyl (C=O) groups excluding carboxylic acids is 6. The Morgan fingerprint density at radius 2 is 1.74 bits per heavy atom. The highest BCUT2D eigenvalue weighted by molar-refractivity contribution is 8.77. The second-order valence-electron chi connectivity index (χ2n) is 20.2. The molecular formula is C51H79N5O13S4. The number of carboxylic acids is 1. The van der Waals surface area contributed by atoms with Crippen molar-refractivity contribution in [2.24, 2.45) is 23.7 Å². The molecule has 7 atom stereocenters. The fourth-order valence-corrected chi connectivity index (χ4v) is 12.6. The van der Waals surface area contributed by atoms with E-state index in [-0.39, 0.29) is 89.3 Å². The van der Waals surface area contributed by atoms with E-state index in [0.717, 1.165) is 43.6 Å². The highest BCUT2D eigenvalue weighted by Gasteiger charge is 2.38. The number of ether oxygens (including phenoxy) is 1. The van der Waals surface area contributed by atoms with Crippen LogP contribution in [-0.2, 0) is 50.3 Å². The zero-order valence-corrected chi connectivity index (χ0v) is 47.7. The van der Waals surface area contributed by atoms with Crippen LogP contribution in [0, 0.1) is 23.7 Å². The molecule has 2 aromatic rings. The summed E-state index contributed by atoms with van der Waals surface area (Å²) in [5.41, 5.74) is 0.338. The molecule has 4 N–H and O–H groups in total. The van der Waals surface area contributed by atoms with E-state index in [9.17, 15) is 51.6 Å². The van der Waals surface area contributed by atoms with E-state index in [4.69, 9.17) is 8.92 Å². The lowest BCUT2D eigenvalue weighted by Crippen LogP contribution is -2.48. The van der Waals surface area contributed by atoms with Crippen LogP contribution in [0.25, 0.3) is 0 Å². The Kier molecular flexibility index (Phi) is 25.8. The molecular weight excluding hydrogens is 1020 g/mol. The Labute approximate surface area is 444 Å². The number of nitrogens with one attached hydrogen (secondary N) is 2. The number of aromatic nitrogens is 1. The van der Waals surface area contributed by atoms with E-state index in [1.807, 2.05) is 41.7 Å². The molecule has 18 nitrogen and oxygen atoms in total. The van der Waals surface area contributed by atoms with Gasteiger partial charge in [-0.3, -0.25) is 43.0 Å². The van der Waals surface area contributed by atoms with E-state index in [1.165, 1.54) is 37.4 Å². The number of esters is 1. The van der Waals surface area contributed by atoms with Crippen molar-refractivity contribution < 1.29 is 60.6 Å². The maximum Gasteiger partial charge on any atom is 0.446 e. The molecule has 1 saturated heterocycles. The lowest BCUT2D eigenvalue weighted by molar-refractivity contribution is -0.149. The van der Waals surface area contributed by atoms with Gasteiger partial charge in [0, 0.05) is 80.0 Å². The highest BCUT2D eigenvalue weighted by atomic mass is 33.1. The minimum atomic E-state index is -5.01. The summed E-state index contributed by atoms with van der Waals surface area (Å²) in [5, 5.41) is 17.2. The van der Waals surface area contributed by atoms with Crippen molar-refractivity contribution >= 4 is 90.2 Å². The van der Waals surface area contributed by atoms with Crippen LogP contribution in [0.5, 0.6) is 5.75 Å². The molecule has 1 aliphatic rings. The molecule has 410 valence electrons. The number of anilines is 1. The summed E-state index contributed by atoms with van der Waals surface area (Å²) in [6, 6.07) is 2.59. The lowest BCUT2D eigenvalue weighted by Gasteiger charge is -2.37. The van der Waals surface area contributed by atoms with Crippen molar-refractivity contribution in [1.29, 1.82) is 0 Å². The number of benzene rings is 1. The quantitative estimate of drug-likeness (QED) is 0.0231. The number of piperidine rings is 1. The number of hydrogen-bond acceptors (Lipinski definition) is 16. The van der Waals surface area contributed by atoms with E-state index >= 15 is 0 Å². The Balaban J connectivity index is 1.82. The third kappa shape index (κ3) is 21.6. The van der Waals surface area contributed by atoms with Crippen molar-refractivity contribution in [1.82, 2.24) is 20.1 Å². The minimum Gasteiger partial charge on any atom is -0.481 e. The van der Waals surface area contributed by atoms with Crippen molar-refractivity contribution in [3.8, 4) is 5.75 Å². The Morgan fingerprint density at radius 1 is 1.04 bits per heavy atom. The van der Waals surface area contributed by atoms with Crippen molar-refractivity contribution in [2.75, 3.05) is 31.7 Å². The monoisotopic (exact) mass is 1100 g/mol. The molecule has 0 saturated carbocycles. The maximum absolute atomic E-state index is 14.4. The molecule has 3 rings (SSSR count). The van der Waals surface area contributed by atoms with Crippen molar-refractivity contribution in [3.63, 3.8) is 0 Å². The maximum atomic E-state index is 14.4. The standard InChI is InChI=1S/C51H79N5O13S4/c1-12-32(5)38(28-43(59)41-17-14-15-23-55(41)10)49(62)56(11)42(31(3)4)29-45(68-34(7)57)48-54-40(30-70-48)47(61)52-36(25-33(6)50(63)64)26-35-19-20-44(69-73(65,66)67)39(27-35)53-46(60)18-16-24-71-72-51(8,9)22-21-37(58)13-2/h19-20,27,30-33,36,38,41-42,45H,12-18,21-26,28-29H2,1-11H3,(H,52,61)(H,53,60)(H,63,64)(H,65,66,67)/t32-,33?,36+,38-,41?,42+,45+/m0/s1. The van der Waals surface area contributed by atoms with E-state index in [0.29, 0.717) is 42.0 Å². The average molecular weight is 1100 g/mol. The Hall–Kier alpha value is -4.09. The second-order valence-corrected chi connectivity index (χ2v) is 25.3. The van der Waals surface area contributed by atoms with Gasteiger partial charge in [-0.1, -0.05) is 82.0 Å². The molecule has 73 heavy (non-hydrogen) atoms. The topological polar surface area (TPSA) is 256 Å². The van der Waals surface area contributed by atoms with Crippen LogP contribution in [0.15, 0.2) is 23.6 Å². The average Bonchev–Trinajstić information content (AvgIpc) is 3.81. The van der Waals surface area contributed by atoms with Gasteiger partial charge in [0.15, 0.2) is 17.6 Å². The van der Waals surface area contributed by atoms with Crippen molar-refractivity contribution in [2.45, 2.75) is 175 Å². The van der Waals surface area contributed by atoms with Crippen LogP contribution in [-0.4, -0.2) is 123 Å². The van der Waals surface area contributed by atoms with Gasteiger partial charge in [-0.2, -0.15) is 8.42 Å². The second kappa shape index (κ2) is 29.9. The number of carboxylic acid groups (broad SMARTS) is 1. The number of aliphatic carboxylic acids is 1. The first kappa shape index (κ1) is 63.2. The molecule has 1 fully saturated rings. The fraction of sp³-hybridized carbons (Fsp3) is 0.686. The number of hydrogen-bond donors (Lipinski definition) is 4. The number of likely N-dealkylation sites (tertiary alicyclic amines) is 1. The summed E-state index contributed by atoms with van der Waals surface area (Å²) in [6.45, 7) is 17.4. The van der Waals surface area contributed by atoms with Crippen LogP contribution < -0.4 is 14.8 Å². The number of carbonyl (C=O) groups is 7. The van der Waals surface area contributed by atoms with Gasteiger partial charge in [-0.15, -0.1) is 11.3 Å². The molecule has 0 radical (unpaired) electrons. The van der Waals surface area contributed by atoms with Gasteiger partial charge in [-0.25, -0.2) is 4.98 Å². The Bertz CT molecular complexity index is 2310. The van der Waals surface area contributed by atoms with Gasteiger partial charge >= 0.3 is 22.3 Å². The van der Waals surface area contributed by atoms with Crippen LogP contribution in [0.1, 0.15) is 167 Å². The third-order valence-corrected chi connectivity index (χ3v) is 18.1. The zero-order chi connectivity index (χ0) is 54.8.